The van der Waals surface area contributed by atoms with Gasteiger partial charge in [-0.15, -0.1) is 47.1 Å². The molecule has 126 valence electrons. The highest BCUT2D eigenvalue weighted by Gasteiger charge is 2.00. The van der Waals surface area contributed by atoms with Crippen LogP contribution in [0, 0.1) is 6.92 Å². The molecule has 2 rings (SSSR count). The molecule has 1 aromatic carbocycles. The zero-order valence-corrected chi connectivity index (χ0v) is 17.4. The van der Waals surface area contributed by atoms with Crippen molar-refractivity contribution in [2.45, 2.75) is 25.3 Å². The molecule has 0 amide bonds. The van der Waals surface area contributed by atoms with E-state index in [1.54, 1.807) is 11.3 Å². The molecule has 0 fully saturated rings. The molecule has 0 bridgehead atoms. The first-order valence-corrected chi connectivity index (χ1v) is 9.19. The van der Waals surface area contributed by atoms with Crippen LogP contribution in [-0.2, 0) is 6.54 Å². The Hall–Kier alpha value is -0.800. The van der Waals surface area contributed by atoms with Crippen LogP contribution in [0.25, 0.3) is 0 Å². The summed E-state index contributed by atoms with van der Waals surface area (Å²) in [6.45, 7) is 6.50. The Balaban J connectivity index is 0.00000264. The number of nitrogens with zero attached hydrogens (tertiary/aromatic N) is 2. The van der Waals surface area contributed by atoms with Gasteiger partial charge in [0.1, 0.15) is 5.01 Å². The lowest BCUT2D eigenvalue weighted by Crippen LogP contribution is -2.38. The number of aromatic nitrogens is 1. The third kappa shape index (κ3) is 8.03. The van der Waals surface area contributed by atoms with E-state index in [0.717, 1.165) is 29.8 Å². The Morgan fingerprint density at radius 1 is 1.26 bits per heavy atom. The average Bonchev–Trinajstić information content (AvgIpc) is 2.95. The van der Waals surface area contributed by atoms with E-state index < -0.39 is 0 Å². The van der Waals surface area contributed by atoms with Gasteiger partial charge >= 0.3 is 0 Å². The third-order valence-electron chi connectivity index (χ3n) is 2.79. The Kier molecular flexibility index (Phi) is 10.3. The molecule has 0 unspecified atom stereocenters. The molecule has 1 aromatic heterocycles. The number of guanidine groups is 1. The molecule has 0 aliphatic heterocycles. The molecule has 7 heteroatoms. The van der Waals surface area contributed by atoms with Gasteiger partial charge in [-0.05, 0) is 26.0 Å². The molecule has 0 atom stereocenters. The van der Waals surface area contributed by atoms with Gasteiger partial charge in [0.05, 0.1) is 6.54 Å². The number of nitrogens with one attached hydrogen (secondary N) is 2. The fraction of sp³-hybridized carbons (Fsp3) is 0.375. The molecule has 2 N–H and O–H groups in total. The minimum atomic E-state index is 0. The van der Waals surface area contributed by atoms with Crippen molar-refractivity contribution in [3.05, 3.63) is 46.4 Å². The number of aryl methyl sites for hydroxylation is 1. The predicted octanol–water partition coefficient (Wildman–Crippen LogP) is 3.92. The molecular formula is C16H23IN4S2. The first kappa shape index (κ1) is 20.2. The van der Waals surface area contributed by atoms with Crippen LogP contribution in [-0.4, -0.2) is 29.8 Å². The summed E-state index contributed by atoms with van der Waals surface area (Å²) in [5.41, 5.74) is 0. The van der Waals surface area contributed by atoms with E-state index in [2.05, 4.69) is 58.7 Å². The van der Waals surface area contributed by atoms with E-state index in [-0.39, 0.29) is 24.0 Å². The zero-order chi connectivity index (χ0) is 15.6. The Labute approximate surface area is 163 Å². The molecule has 0 radical (unpaired) electrons. The fourth-order valence-electron chi connectivity index (χ4n) is 1.82. The molecule has 0 aliphatic rings. The number of thioether (sulfide) groups is 1. The Morgan fingerprint density at radius 2 is 2.04 bits per heavy atom. The first-order chi connectivity index (χ1) is 10.8. The van der Waals surface area contributed by atoms with Gasteiger partial charge in [-0.3, -0.25) is 0 Å². The largest absolute Gasteiger partial charge is 0.357 e. The van der Waals surface area contributed by atoms with Gasteiger partial charge in [-0.2, -0.15) is 0 Å². The summed E-state index contributed by atoms with van der Waals surface area (Å²) < 4.78 is 0. The van der Waals surface area contributed by atoms with Crippen LogP contribution in [0.4, 0.5) is 0 Å². The molecule has 4 nitrogen and oxygen atoms in total. The minimum absolute atomic E-state index is 0. The summed E-state index contributed by atoms with van der Waals surface area (Å²) in [5, 5.41) is 7.68. The SMILES string of the molecule is CCNC(=NCc1ncc(C)s1)NCCSc1ccccc1.I. The quantitative estimate of drug-likeness (QED) is 0.215. The topological polar surface area (TPSA) is 49.3 Å². The summed E-state index contributed by atoms with van der Waals surface area (Å²) in [6.07, 6.45) is 1.90. The lowest BCUT2D eigenvalue weighted by molar-refractivity contribution is 0.841. The van der Waals surface area contributed by atoms with Crippen molar-refractivity contribution in [3.8, 4) is 0 Å². The van der Waals surface area contributed by atoms with Gasteiger partial charge in [0.2, 0.25) is 0 Å². The number of halogens is 1. The molecule has 0 spiro atoms. The second-order valence-corrected chi connectivity index (χ2v) is 7.14. The van der Waals surface area contributed by atoms with Gasteiger partial charge < -0.3 is 10.6 Å². The normalized spacial score (nSPS) is 11.0. The van der Waals surface area contributed by atoms with Crippen molar-refractivity contribution in [3.63, 3.8) is 0 Å². The first-order valence-electron chi connectivity index (χ1n) is 7.39. The van der Waals surface area contributed by atoms with Crippen molar-refractivity contribution in [2.75, 3.05) is 18.8 Å². The van der Waals surface area contributed by atoms with Crippen LogP contribution in [0.15, 0.2) is 46.4 Å². The maximum atomic E-state index is 4.57. The van der Waals surface area contributed by atoms with Crippen molar-refractivity contribution in [1.29, 1.82) is 0 Å². The van der Waals surface area contributed by atoms with Gasteiger partial charge in [-0.1, -0.05) is 18.2 Å². The van der Waals surface area contributed by atoms with E-state index >= 15 is 0 Å². The second kappa shape index (κ2) is 11.7. The van der Waals surface area contributed by atoms with Gasteiger partial charge in [0, 0.05) is 34.8 Å². The van der Waals surface area contributed by atoms with Gasteiger partial charge in [-0.25, -0.2) is 9.98 Å². The van der Waals surface area contributed by atoms with Crippen molar-refractivity contribution in [1.82, 2.24) is 15.6 Å². The predicted molar refractivity (Wildman–Crippen MR) is 112 cm³/mol. The Bertz CT molecular complexity index is 587. The number of aliphatic imine (C=N–C) groups is 1. The van der Waals surface area contributed by atoms with E-state index in [9.17, 15) is 0 Å². The molecule has 1 heterocycles. The maximum absolute atomic E-state index is 4.57. The Morgan fingerprint density at radius 3 is 2.70 bits per heavy atom. The van der Waals surface area contributed by atoms with Crippen molar-refractivity contribution >= 4 is 53.0 Å². The lowest BCUT2D eigenvalue weighted by Gasteiger charge is -2.10. The monoisotopic (exact) mass is 462 g/mol. The molecule has 0 saturated heterocycles. The summed E-state index contributed by atoms with van der Waals surface area (Å²) >= 11 is 3.54. The molecule has 2 aromatic rings. The zero-order valence-electron chi connectivity index (χ0n) is 13.4. The van der Waals surface area contributed by atoms with Crippen LogP contribution in [0.2, 0.25) is 0 Å². The number of benzene rings is 1. The summed E-state index contributed by atoms with van der Waals surface area (Å²) in [5.74, 6) is 1.86. The summed E-state index contributed by atoms with van der Waals surface area (Å²) in [4.78, 5) is 11.4. The highest BCUT2D eigenvalue weighted by Crippen LogP contribution is 2.15. The average molecular weight is 462 g/mol. The highest BCUT2D eigenvalue weighted by atomic mass is 127. The smallest absolute Gasteiger partial charge is 0.191 e. The van der Waals surface area contributed by atoms with Crippen LogP contribution in [0.1, 0.15) is 16.8 Å². The lowest BCUT2D eigenvalue weighted by atomic mass is 10.4. The maximum Gasteiger partial charge on any atom is 0.191 e. The standard InChI is InChI=1S/C16H22N4S2.HI/c1-3-17-16(20-12-15-19-11-13(2)22-15)18-9-10-21-14-7-5-4-6-8-14;/h4-8,11H,3,9-10,12H2,1-2H3,(H2,17,18,20);1H. The second-order valence-electron chi connectivity index (χ2n) is 4.65. The molecule has 0 saturated carbocycles. The van der Waals surface area contributed by atoms with E-state index in [1.165, 1.54) is 9.77 Å². The number of hydrogen-bond donors (Lipinski definition) is 2. The molecular weight excluding hydrogens is 439 g/mol. The van der Waals surface area contributed by atoms with Crippen LogP contribution in [0.5, 0.6) is 0 Å². The summed E-state index contributed by atoms with van der Waals surface area (Å²) in [6, 6.07) is 10.4. The van der Waals surface area contributed by atoms with Crippen molar-refractivity contribution in [2.24, 2.45) is 4.99 Å². The fourth-order valence-corrected chi connectivity index (χ4v) is 3.32. The van der Waals surface area contributed by atoms with Gasteiger partial charge in [0.15, 0.2) is 5.96 Å². The number of hydrogen-bond acceptors (Lipinski definition) is 4. The van der Waals surface area contributed by atoms with Crippen molar-refractivity contribution < 1.29 is 0 Å². The van der Waals surface area contributed by atoms with E-state index in [4.69, 9.17) is 0 Å². The molecule has 23 heavy (non-hydrogen) atoms. The van der Waals surface area contributed by atoms with E-state index in [1.807, 2.05) is 24.0 Å². The van der Waals surface area contributed by atoms with E-state index in [0.29, 0.717) is 6.54 Å². The third-order valence-corrected chi connectivity index (χ3v) is 4.70. The number of rotatable bonds is 7. The molecule has 0 aliphatic carbocycles. The van der Waals surface area contributed by atoms with Crippen LogP contribution >= 0.6 is 47.1 Å². The number of thiazole rings is 1. The van der Waals surface area contributed by atoms with Crippen LogP contribution in [0.3, 0.4) is 0 Å². The van der Waals surface area contributed by atoms with Gasteiger partial charge in [0.25, 0.3) is 0 Å². The highest BCUT2D eigenvalue weighted by molar-refractivity contribution is 14.0. The minimum Gasteiger partial charge on any atom is -0.357 e. The van der Waals surface area contributed by atoms with Crippen LogP contribution < -0.4 is 10.6 Å². The summed E-state index contributed by atoms with van der Waals surface area (Å²) in [7, 11) is 0.